The monoisotopic (exact) mass is 317 g/mol. The predicted molar refractivity (Wildman–Crippen MR) is 87.9 cm³/mol. The zero-order valence-electron chi connectivity index (χ0n) is 12.9. The predicted octanol–water partition coefficient (Wildman–Crippen LogP) is 2.58. The second kappa shape index (κ2) is 6.37. The van der Waals surface area contributed by atoms with E-state index in [4.69, 9.17) is 5.73 Å². The Hall–Kier alpha value is -2.41. The van der Waals surface area contributed by atoms with E-state index in [0.29, 0.717) is 24.4 Å². The molecule has 3 rings (SSSR count). The van der Waals surface area contributed by atoms with Gasteiger partial charge in [-0.2, -0.15) is 0 Å². The fourth-order valence-corrected chi connectivity index (χ4v) is 2.70. The van der Waals surface area contributed by atoms with Gasteiger partial charge in [0, 0.05) is 18.3 Å². The number of rotatable bonds is 1. The van der Waals surface area contributed by atoms with Crippen LogP contribution in [0.4, 0.5) is 15.8 Å². The van der Waals surface area contributed by atoms with Crippen molar-refractivity contribution in [2.45, 2.75) is 31.5 Å². The fourth-order valence-electron chi connectivity index (χ4n) is 2.70. The van der Waals surface area contributed by atoms with Crippen LogP contribution < -0.4 is 16.4 Å². The molecule has 122 valence electrons. The van der Waals surface area contributed by atoms with Gasteiger partial charge in [0.15, 0.2) is 6.17 Å². The third kappa shape index (κ3) is 3.19. The van der Waals surface area contributed by atoms with E-state index in [9.17, 15) is 9.18 Å². The maximum atomic E-state index is 14.0. The van der Waals surface area contributed by atoms with Crippen molar-refractivity contribution in [3.8, 4) is 11.3 Å². The second-order valence-corrected chi connectivity index (χ2v) is 5.69. The van der Waals surface area contributed by atoms with E-state index in [1.165, 1.54) is 0 Å². The van der Waals surface area contributed by atoms with Crippen molar-refractivity contribution in [2.24, 2.45) is 5.73 Å². The van der Waals surface area contributed by atoms with Crippen molar-refractivity contribution in [3.05, 3.63) is 30.2 Å². The molecule has 1 amide bonds. The van der Waals surface area contributed by atoms with Gasteiger partial charge in [0.25, 0.3) is 5.91 Å². The standard InChI is InChI=1S/C16H20FN5O/c1-19-9-5-6-10-13(7-9)22-16(23)11(17)3-2-4-12(18)15-20-8-14(10)21-15/h5-8,11-12,19H,2-4,18H2,1H3,(H,20,21)(H,22,23). The molecule has 2 atom stereocenters. The van der Waals surface area contributed by atoms with Crippen LogP contribution in [0.15, 0.2) is 24.4 Å². The molecule has 0 fully saturated rings. The Morgan fingerprint density at radius 2 is 2.22 bits per heavy atom. The zero-order chi connectivity index (χ0) is 16.4. The first-order valence-corrected chi connectivity index (χ1v) is 7.66. The number of carbonyl (C=O) groups excluding carboxylic acids is 1. The number of amides is 1. The van der Waals surface area contributed by atoms with Gasteiger partial charge in [-0.05, 0) is 37.5 Å². The van der Waals surface area contributed by atoms with Crippen LogP contribution in [0.25, 0.3) is 11.3 Å². The number of nitrogens with zero attached hydrogens (tertiary/aromatic N) is 1. The summed E-state index contributed by atoms with van der Waals surface area (Å²) in [6.45, 7) is 0. The molecule has 0 saturated heterocycles. The van der Waals surface area contributed by atoms with Gasteiger partial charge >= 0.3 is 0 Å². The maximum absolute atomic E-state index is 14.0. The quantitative estimate of drug-likeness (QED) is 0.650. The summed E-state index contributed by atoms with van der Waals surface area (Å²) < 4.78 is 14.0. The SMILES string of the molecule is CNc1ccc2c(c1)NC(=O)C(F)CCCC(N)c1ncc-2[nH]1. The first-order chi connectivity index (χ1) is 11.1. The van der Waals surface area contributed by atoms with Crippen LogP contribution in [0, 0.1) is 0 Å². The minimum Gasteiger partial charge on any atom is -0.388 e. The average molecular weight is 317 g/mol. The Labute approximate surface area is 133 Å². The van der Waals surface area contributed by atoms with Gasteiger partial charge in [0.1, 0.15) is 5.82 Å². The van der Waals surface area contributed by atoms with Crippen molar-refractivity contribution >= 4 is 17.3 Å². The van der Waals surface area contributed by atoms with E-state index < -0.39 is 12.1 Å². The molecule has 0 aliphatic carbocycles. The highest BCUT2D eigenvalue weighted by molar-refractivity contribution is 5.98. The highest BCUT2D eigenvalue weighted by atomic mass is 19.1. The number of nitrogens with one attached hydrogen (secondary N) is 3. The summed E-state index contributed by atoms with van der Waals surface area (Å²) in [5.74, 6) is 0.0411. The number of imidazole rings is 1. The number of aromatic nitrogens is 2. The van der Waals surface area contributed by atoms with Crippen molar-refractivity contribution in [1.29, 1.82) is 0 Å². The van der Waals surface area contributed by atoms with Gasteiger partial charge in [0.05, 0.1) is 23.6 Å². The number of aromatic amines is 1. The van der Waals surface area contributed by atoms with E-state index in [-0.39, 0.29) is 12.5 Å². The minimum atomic E-state index is -1.55. The lowest BCUT2D eigenvalue weighted by Gasteiger charge is -2.16. The number of anilines is 2. The van der Waals surface area contributed by atoms with Gasteiger partial charge < -0.3 is 21.4 Å². The lowest BCUT2D eigenvalue weighted by molar-refractivity contribution is -0.121. The van der Waals surface area contributed by atoms with Gasteiger partial charge in [-0.3, -0.25) is 4.79 Å². The summed E-state index contributed by atoms with van der Waals surface area (Å²) in [5, 5.41) is 5.69. The first-order valence-electron chi connectivity index (χ1n) is 7.66. The molecule has 2 unspecified atom stereocenters. The lowest BCUT2D eigenvalue weighted by Crippen LogP contribution is -2.25. The highest BCUT2D eigenvalue weighted by Gasteiger charge is 2.22. The van der Waals surface area contributed by atoms with Gasteiger partial charge in [-0.1, -0.05) is 0 Å². The molecule has 6 nitrogen and oxygen atoms in total. The average Bonchev–Trinajstić information content (AvgIpc) is 3.03. The molecular weight excluding hydrogens is 297 g/mol. The molecule has 1 aromatic heterocycles. The van der Waals surface area contributed by atoms with E-state index in [1.54, 1.807) is 19.3 Å². The Balaban J connectivity index is 2.07. The maximum Gasteiger partial charge on any atom is 0.258 e. The summed E-state index contributed by atoms with van der Waals surface area (Å²) in [4.78, 5) is 19.6. The number of carbonyl (C=O) groups is 1. The Morgan fingerprint density at radius 1 is 1.39 bits per heavy atom. The van der Waals surface area contributed by atoms with E-state index >= 15 is 0 Å². The number of alkyl halides is 1. The molecule has 1 aromatic carbocycles. The molecule has 2 heterocycles. The molecule has 0 radical (unpaired) electrons. The number of benzene rings is 1. The largest absolute Gasteiger partial charge is 0.388 e. The number of fused-ring (bicyclic) bond motifs is 4. The van der Waals surface area contributed by atoms with Gasteiger partial charge in [0.2, 0.25) is 0 Å². The van der Waals surface area contributed by atoms with Crippen LogP contribution in [0.3, 0.4) is 0 Å². The summed E-state index contributed by atoms with van der Waals surface area (Å²) in [7, 11) is 1.78. The summed E-state index contributed by atoms with van der Waals surface area (Å²) in [5.41, 5.74) is 8.93. The number of halogens is 1. The highest BCUT2D eigenvalue weighted by Crippen LogP contribution is 2.31. The van der Waals surface area contributed by atoms with E-state index in [2.05, 4.69) is 20.6 Å². The zero-order valence-corrected chi connectivity index (χ0v) is 12.9. The van der Waals surface area contributed by atoms with Crippen LogP contribution >= 0.6 is 0 Å². The summed E-state index contributed by atoms with van der Waals surface area (Å²) in [6, 6.07) is 5.21. The molecule has 7 heteroatoms. The number of nitrogens with two attached hydrogens (primary N) is 1. The molecule has 1 aliphatic rings. The third-order valence-corrected chi connectivity index (χ3v) is 4.06. The fraction of sp³-hybridized carbons (Fsp3) is 0.375. The minimum absolute atomic E-state index is 0.147. The van der Waals surface area contributed by atoms with Crippen molar-refractivity contribution in [2.75, 3.05) is 17.7 Å². The first kappa shape index (κ1) is 15.5. The number of H-pyrrole nitrogens is 1. The van der Waals surface area contributed by atoms with E-state index in [0.717, 1.165) is 16.9 Å². The Bertz CT molecular complexity index is 714. The molecule has 5 N–H and O–H groups in total. The van der Waals surface area contributed by atoms with Crippen LogP contribution in [0.5, 0.6) is 0 Å². The molecule has 2 bridgehead atoms. The lowest BCUT2D eigenvalue weighted by atomic mass is 10.1. The number of hydrogen-bond acceptors (Lipinski definition) is 4. The molecule has 23 heavy (non-hydrogen) atoms. The molecule has 0 spiro atoms. The molecule has 1 aliphatic heterocycles. The van der Waals surface area contributed by atoms with Crippen molar-refractivity contribution < 1.29 is 9.18 Å². The number of hydrogen-bond donors (Lipinski definition) is 4. The van der Waals surface area contributed by atoms with Crippen LogP contribution in [-0.2, 0) is 4.79 Å². The molecule has 0 saturated carbocycles. The molecule has 2 aromatic rings. The normalized spacial score (nSPS) is 21.6. The van der Waals surface area contributed by atoms with Crippen LogP contribution in [0.1, 0.15) is 31.1 Å². The van der Waals surface area contributed by atoms with Gasteiger partial charge in [-0.25, -0.2) is 9.37 Å². The topological polar surface area (TPSA) is 95.8 Å². The second-order valence-electron chi connectivity index (χ2n) is 5.69. The molecular formula is C16H20FN5O. The Kier molecular flexibility index (Phi) is 4.29. The van der Waals surface area contributed by atoms with Crippen molar-refractivity contribution in [3.63, 3.8) is 0 Å². The summed E-state index contributed by atoms with van der Waals surface area (Å²) >= 11 is 0. The smallest absolute Gasteiger partial charge is 0.258 e. The van der Waals surface area contributed by atoms with Gasteiger partial charge in [-0.15, -0.1) is 0 Å². The van der Waals surface area contributed by atoms with Crippen molar-refractivity contribution in [1.82, 2.24) is 9.97 Å². The van der Waals surface area contributed by atoms with E-state index in [1.807, 2.05) is 12.1 Å². The third-order valence-electron chi connectivity index (χ3n) is 4.06. The summed E-state index contributed by atoms with van der Waals surface area (Å²) in [6.07, 6.45) is 1.38. The van der Waals surface area contributed by atoms with Crippen LogP contribution in [-0.4, -0.2) is 29.1 Å². The van der Waals surface area contributed by atoms with Crippen LogP contribution in [0.2, 0.25) is 0 Å². The Morgan fingerprint density at radius 3 is 3.00 bits per heavy atom.